The summed E-state index contributed by atoms with van der Waals surface area (Å²) in [6, 6.07) is 5.69. The number of hydrogen-bond acceptors (Lipinski definition) is 3. The first kappa shape index (κ1) is 17.9. The van der Waals surface area contributed by atoms with Crippen LogP contribution in [0, 0.1) is 0 Å². The molecule has 0 aliphatic rings. The number of benzene rings is 1. The van der Waals surface area contributed by atoms with Gasteiger partial charge in [-0.3, -0.25) is 4.21 Å². The molecule has 0 spiro atoms. The first-order valence-electron chi connectivity index (χ1n) is 6.18. The second kappa shape index (κ2) is 8.33. The van der Waals surface area contributed by atoms with Gasteiger partial charge in [0.15, 0.2) is 0 Å². The monoisotopic (exact) mass is 336 g/mol. The SMILES string of the molecule is C[C@@H](C[S@](C)=O)N(C)C(=O)Nc1ccc(SC(F)F)cc1. The van der Waals surface area contributed by atoms with Crippen LogP contribution in [-0.4, -0.2) is 46.0 Å². The lowest BCUT2D eigenvalue weighted by molar-refractivity contribution is 0.212. The molecule has 0 heterocycles. The molecule has 0 saturated heterocycles. The highest BCUT2D eigenvalue weighted by Crippen LogP contribution is 2.26. The van der Waals surface area contributed by atoms with Gasteiger partial charge in [-0.05, 0) is 31.2 Å². The number of halogens is 2. The van der Waals surface area contributed by atoms with E-state index in [0.29, 0.717) is 28.1 Å². The summed E-state index contributed by atoms with van der Waals surface area (Å²) in [5, 5.41) is 2.67. The van der Waals surface area contributed by atoms with Crippen LogP contribution < -0.4 is 5.32 Å². The number of anilines is 1. The predicted molar refractivity (Wildman–Crippen MR) is 83.5 cm³/mol. The Hall–Kier alpha value is -1.15. The van der Waals surface area contributed by atoms with E-state index in [-0.39, 0.29) is 12.1 Å². The van der Waals surface area contributed by atoms with Gasteiger partial charge in [0, 0.05) is 46.5 Å². The zero-order chi connectivity index (χ0) is 16.0. The number of carbonyl (C=O) groups is 1. The number of nitrogens with zero attached hydrogens (tertiary/aromatic N) is 1. The van der Waals surface area contributed by atoms with Gasteiger partial charge in [0.1, 0.15) is 0 Å². The molecule has 0 saturated carbocycles. The maximum Gasteiger partial charge on any atom is 0.321 e. The van der Waals surface area contributed by atoms with E-state index in [1.165, 1.54) is 17.0 Å². The molecule has 0 aliphatic heterocycles. The molecule has 2 atom stereocenters. The van der Waals surface area contributed by atoms with Crippen LogP contribution in [0.1, 0.15) is 6.92 Å². The van der Waals surface area contributed by atoms with Gasteiger partial charge in [-0.1, -0.05) is 11.8 Å². The van der Waals surface area contributed by atoms with E-state index in [4.69, 9.17) is 0 Å². The molecule has 4 nitrogen and oxygen atoms in total. The fourth-order valence-corrected chi connectivity index (χ4v) is 2.98. The van der Waals surface area contributed by atoms with Gasteiger partial charge in [-0.2, -0.15) is 8.78 Å². The summed E-state index contributed by atoms with van der Waals surface area (Å²) in [6.07, 6.45) is 1.58. The molecule has 1 rings (SSSR count). The summed E-state index contributed by atoms with van der Waals surface area (Å²) >= 11 is 0.454. The predicted octanol–water partition coefficient (Wildman–Crippen LogP) is 3.23. The average molecular weight is 336 g/mol. The number of thioether (sulfide) groups is 1. The van der Waals surface area contributed by atoms with E-state index in [1.807, 2.05) is 6.92 Å². The summed E-state index contributed by atoms with van der Waals surface area (Å²) in [6.45, 7) is 1.81. The molecule has 0 fully saturated rings. The number of nitrogens with one attached hydrogen (secondary N) is 1. The zero-order valence-electron chi connectivity index (χ0n) is 12.0. The Kier molecular flexibility index (Phi) is 7.10. The molecule has 8 heteroatoms. The minimum absolute atomic E-state index is 0.163. The molecule has 0 bridgehead atoms. The number of amides is 2. The van der Waals surface area contributed by atoms with Crippen LogP contribution in [-0.2, 0) is 10.8 Å². The maximum absolute atomic E-state index is 12.2. The molecule has 0 aliphatic carbocycles. The lowest BCUT2D eigenvalue weighted by Crippen LogP contribution is -2.40. The third-order valence-corrected chi connectivity index (χ3v) is 4.46. The standard InChI is InChI=1S/C13H18F2N2O2S2/c1-9(8-21(3)19)17(2)13(18)16-10-4-6-11(7-5-10)20-12(14)15/h4-7,9,12H,8H2,1-3H3,(H,16,18)/t9-,21-/m0/s1. The van der Waals surface area contributed by atoms with Gasteiger partial charge in [-0.15, -0.1) is 0 Å². The third-order valence-electron chi connectivity index (χ3n) is 2.79. The first-order chi connectivity index (χ1) is 9.79. The Morgan fingerprint density at radius 1 is 1.38 bits per heavy atom. The number of rotatable bonds is 6. The normalized spacial score (nSPS) is 13.8. The lowest BCUT2D eigenvalue weighted by atomic mass is 10.3. The van der Waals surface area contributed by atoms with Crippen molar-refractivity contribution in [2.24, 2.45) is 0 Å². The highest BCUT2D eigenvalue weighted by Gasteiger charge is 2.16. The third kappa shape index (κ3) is 6.43. The van der Waals surface area contributed by atoms with E-state index in [1.54, 1.807) is 25.4 Å². The van der Waals surface area contributed by atoms with Crippen molar-refractivity contribution < 1.29 is 17.8 Å². The van der Waals surface area contributed by atoms with Crippen molar-refractivity contribution >= 4 is 34.3 Å². The van der Waals surface area contributed by atoms with Gasteiger partial charge in [0.2, 0.25) is 0 Å². The van der Waals surface area contributed by atoms with E-state index < -0.39 is 16.6 Å². The molecule has 2 amide bonds. The van der Waals surface area contributed by atoms with Crippen molar-refractivity contribution in [3.05, 3.63) is 24.3 Å². The van der Waals surface area contributed by atoms with Gasteiger partial charge in [-0.25, -0.2) is 4.79 Å². The van der Waals surface area contributed by atoms with Crippen LogP contribution in [0.5, 0.6) is 0 Å². The average Bonchev–Trinajstić information content (AvgIpc) is 2.38. The minimum Gasteiger partial charge on any atom is -0.324 e. The van der Waals surface area contributed by atoms with E-state index >= 15 is 0 Å². The highest BCUT2D eigenvalue weighted by atomic mass is 32.2. The van der Waals surface area contributed by atoms with Crippen molar-refractivity contribution in [3.8, 4) is 0 Å². The molecule has 118 valence electrons. The molecule has 0 radical (unpaired) electrons. The zero-order valence-corrected chi connectivity index (χ0v) is 13.6. The van der Waals surface area contributed by atoms with Crippen molar-refractivity contribution in [1.82, 2.24) is 4.90 Å². The summed E-state index contributed by atoms with van der Waals surface area (Å²) in [7, 11) is 0.635. The Bertz CT molecular complexity index is 497. The summed E-state index contributed by atoms with van der Waals surface area (Å²) < 4.78 is 35.5. The van der Waals surface area contributed by atoms with Crippen LogP contribution in [0.4, 0.5) is 19.3 Å². The number of hydrogen-bond donors (Lipinski definition) is 1. The van der Waals surface area contributed by atoms with Crippen molar-refractivity contribution in [2.75, 3.05) is 24.4 Å². The second-order valence-corrected chi connectivity index (χ2v) is 7.08. The minimum atomic E-state index is -2.47. The van der Waals surface area contributed by atoms with Crippen LogP contribution in [0.25, 0.3) is 0 Å². The van der Waals surface area contributed by atoms with Gasteiger partial charge < -0.3 is 10.2 Å². The number of alkyl halides is 2. The van der Waals surface area contributed by atoms with Crippen LogP contribution in [0.2, 0.25) is 0 Å². The van der Waals surface area contributed by atoms with Gasteiger partial charge >= 0.3 is 6.03 Å². The van der Waals surface area contributed by atoms with Crippen LogP contribution in [0.15, 0.2) is 29.2 Å². The van der Waals surface area contributed by atoms with Gasteiger partial charge in [0.05, 0.1) is 0 Å². The van der Waals surface area contributed by atoms with Crippen LogP contribution >= 0.6 is 11.8 Å². The summed E-state index contributed by atoms with van der Waals surface area (Å²) in [4.78, 5) is 13.9. The lowest BCUT2D eigenvalue weighted by Gasteiger charge is -2.24. The molecule has 21 heavy (non-hydrogen) atoms. The maximum atomic E-state index is 12.2. The van der Waals surface area contributed by atoms with Crippen molar-refractivity contribution in [2.45, 2.75) is 23.6 Å². The fraction of sp³-hybridized carbons (Fsp3) is 0.462. The Labute approximate surface area is 129 Å². The Balaban J connectivity index is 2.59. The fourth-order valence-electron chi connectivity index (χ4n) is 1.58. The summed E-state index contributed by atoms with van der Waals surface area (Å²) in [5.41, 5.74) is 0.523. The second-order valence-electron chi connectivity index (χ2n) is 4.53. The Morgan fingerprint density at radius 2 is 1.95 bits per heavy atom. The van der Waals surface area contributed by atoms with Crippen LogP contribution in [0.3, 0.4) is 0 Å². The molecular formula is C13H18F2N2O2S2. The van der Waals surface area contributed by atoms with Crippen molar-refractivity contribution in [1.29, 1.82) is 0 Å². The smallest absolute Gasteiger partial charge is 0.321 e. The van der Waals surface area contributed by atoms with E-state index in [2.05, 4.69) is 5.32 Å². The van der Waals surface area contributed by atoms with E-state index in [0.717, 1.165) is 0 Å². The molecule has 1 N–H and O–H groups in total. The molecule has 1 aromatic rings. The molecule has 1 aromatic carbocycles. The summed E-state index contributed by atoms with van der Waals surface area (Å²) in [5.74, 6) is -2.07. The van der Waals surface area contributed by atoms with Gasteiger partial charge in [0.25, 0.3) is 5.76 Å². The topological polar surface area (TPSA) is 49.4 Å². The first-order valence-corrected chi connectivity index (χ1v) is 8.79. The molecule has 0 unspecified atom stereocenters. The molecule has 0 aromatic heterocycles. The quantitative estimate of drug-likeness (QED) is 0.812. The molecular weight excluding hydrogens is 318 g/mol. The van der Waals surface area contributed by atoms with E-state index in [9.17, 15) is 17.8 Å². The number of carbonyl (C=O) groups excluding carboxylic acids is 1. The largest absolute Gasteiger partial charge is 0.324 e. The Morgan fingerprint density at radius 3 is 2.43 bits per heavy atom. The highest BCUT2D eigenvalue weighted by molar-refractivity contribution is 7.99. The number of urea groups is 1. The van der Waals surface area contributed by atoms with Crippen molar-refractivity contribution in [3.63, 3.8) is 0 Å².